The Bertz CT molecular complexity index is 1170. The maximum atomic E-state index is 12.6. The first-order valence-corrected chi connectivity index (χ1v) is 27.3. The first-order valence-electron chi connectivity index (χ1n) is 27.3. The summed E-state index contributed by atoms with van der Waals surface area (Å²) in [5.74, 6) is -0.881. The summed E-state index contributed by atoms with van der Waals surface area (Å²) in [6, 6.07) is 0. The highest BCUT2D eigenvalue weighted by Crippen LogP contribution is 2.16. The SMILES string of the molecule is CC/C=C\C/C=C\C/C=C\C/C=C\C/C=C\CCCCCCCCCCCCCCCCCCCC(=O)OCC(COC(=O)CCCCCCCC)OC(=O)CCCCCCCCC. The normalized spacial score (nSPS) is 12.5. The summed E-state index contributed by atoms with van der Waals surface area (Å²) in [4.78, 5) is 37.5. The van der Waals surface area contributed by atoms with Crippen LogP contribution in [0.15, 0.2) is 60.8 Å². The molecule has 0 bridgehead atoms. The van der Waals surface area contributed by atoms with E-state index >= 15 is 0 Å². The quantitative estimate of drug-likeness (QED) is 0.0262. The van der Waals surface area contributed by atoms with Gasteiger partial charge in [-0.25, -0.2) is 0 Å². The second-order valence-corrected chi connectivity index (χ2v) is 18.1. The van der Waals surface area contributed by atoms with Gasteiger partial charge in [-0.2, -0.15) is 0 Å². The molecule has 0 aromatic carbocycles. The van der Waals surface area contributed by atoms with Crippen molar-refractivity contribution in [3.63, 3.8) is 0 Å². The molecule has 0 aromatic heterocycles. The molecule has 0 radical (unpaired) electrons. The summed E-state index contributed by atoms with van der Waals surface area (Å²) in [6.45, 7) is 6.43. The van der Waals surface area contributed by atoms with Crippen molar-refractivity contribution in [2.45, 2.75) is 277 Å². The third-order valence-electron chi connectivity index (χ3n) is 11.8. The topological polar surface area (TPSA) is 78.9 Å². The van der Waals surface area contributed by atoms with E-state index in [2.05, 4.69) is 81.5 Å². The van der Waals surface area contributed by atoms with Crippen LogP contribution < -0.4 is 0 Å². The maximum Gasteiger partial charge on any atom is 0.306 e. The van der Waals surface area contributed by atoms with E-state index in [9.17, 15) is 14.4 Å². The molecule has 0 saturated carbocycles. The number of carbonyl (C=O) groups is 3. The van der Waals surface area contributed by atoms with Gasteiger partial charge in [0.15, 0.2) is 6.10 Å². The summed E-state index contributed by atoms with van der Waals surface area (Å²) in [6.07, 6.45) is 65.7. The Morgan fingerprint density at radius 2 is 0.609 bits per heavy atom. The smallest absolute Gasteiger partial charge is 0.306 e. The van der Waals surface area contributed by atoms with Crippen LogP contribution in [0.1, 0.15) is 271 Å². The lowest BCUT2D eigenvalue weighted by atomic mass is 10.0. The minimum absolute atomic E-state index is 0.0701. The van der Waals surface area contributed by atoms with Gasteiger partial charge in [0.05, 0.1) is 0 Å². The summed E-state index contributed by atoms with van der Waals surface area (Å²) in [7, 11) is 0. The molecule has 6 heteroatoms. The lowest BCUT2D eigenvalue weighted by Crippen LogP contribution is -2.30. The van der Waals surface area contributed by atoms with Crippen LogP contribution in [0.25, 0.3) is 0 Å². The monoisotopic (exact) mass is 895 g/mol. The van der Waals surface area contributed by atoms with Gasteiger partial charge in [0.25, 0.3) is 0 Å². The van der Waals surface area contributed by atoms with E-state index in [1.165, 1.54) is 141 Å². The third-order valence-corrected chi connectivity index (χ3v) is 11.8. The average Bonchev–Trinajstić information content (AvgIpc) is 3.29. The molecular formula is C58H102O6. The van der Waals surface area contributed by atoms with E-state index in [0.717, 1.165) is 89.9 Å². The number of ether oxygens (including phenoxy) is 3. The molecule has 0 aliphatic rings. The maximum absolute atomic E-state index is 12.6. The average molecular weight is 895 g/mol. The predicted molar refractivity (Wildman–Crippen MR) is 275 cm³/mol. The Morgan fingerprint density at radius 1 is 0.328 bits per heavy atom. The lowest BCUT2D eigenvalue weighted by molar-refractivity contribution is -0.167. The van der Waals surface area contributed by atoms with Crippen molar-refractivity contribution in [2.24, 2.45) is 0 Å². The van der Waals surface area contributed by atoms with Crippen molar-refractivity contribution in [3.05, 3.63) is 60.8 Å². The largest absolute Gasteiger partial charge is 0.462 e. The van der Waals surface area contributed by atoms with Crippen molar-refractivity contribution >= 4 is 17.9 Å². The van der Waals surface area contributed by atoms with Gasteiger partial charge in [0.1, 0.15) is 13.2 Å². The fourth-order valence-electron chi connectivity index (χ4n) is 7.70. The number of hydrogen-bond acceptors (Lipinski definition) is 6. The van der Waals surface area contributed by atoms with Crippen LogP contribution in [0.4, 0.5) is 0 Å². The Hall–Kier alpha value is -2.89. The van der Waals surface area contributed by atoms with E-state index in [1.807, 2.05) is 0 Å². The number of esters is 3. The van der Waals surface area contributed by atoms with Crippen LogP contribution in [-0.4, -0.2) is 37.2 Å². The zero-order chi connectivity index (χ0) is 46.5. The molecule has 0 spiro atoms. The molecule has 0 aliphatic carbocycles. The molecule has 0 N–H and O–H groups in total. The Morgan fingerprint density at radius 3 is 0.953 bits per heavy atom. The number of carbonyl (C=O) groups excluding carboxylic acids is 3. The Balaban J connectivity index is 3.84. The van der Waals surface area contributed by atoms with E-state index in [-0.39, 0.29) is 31.1 Å². The molecular weight excluding hydrogens is 793 g/mol. The van der Waals surface area contributed by atoms with Gasteiger partial charge >= 0.3 is 17.9 Å². The fourth-order valence-corrected chi connectivity index (χ4v) is 7.70. The highest BCUT2D eigenvalue weighted by molar-refractivity contribution is 5.71. The van der Waals surface area contributed by atoms with Crippen molar-refractivity contribution in [1.29, 1.82) is 0 Å². The Kier molecular flexibility index (Phi) is 50.4. The van der Waals surface area contributed by atoms with Crippen molar-refractivity contribution in [3.8, 4) is 0 Å². The molecule has 0 saturated heterocycles. The van der Waals surface area contributed by atoms with Crippen molar-refractivity contribution < 1.29 is 28.6 Å². The van der Waals surface area contributed by atoms with E-state index in [1.54, 1.807) is 0 Å². The Labute approximate surface area is 396 Å². The minimum atomic E-state index is -0.763. The van der Waals surface area contributed by atoms with Crippen LogP contribution in [0.2, 0.25) is 0 Å². The van der Waals surface area contributed by atoms with Crippen molar-refractivity contribution in [1.82, 2.24) is 0 Å². The second-order valence-electron chi connectivity index (χ2n) is 18.1. The van der Waals surface area contributed by atoms with Crippen LogP contribution in [-0.2, 0) is 28.6 Å². The summed E-state index contributed by atoms with van der Waals surface area (Å²) in [5, 5.41) is 0. The van der Waals surface area contributed by atoms with E-state index in [4.69, 9.17) is 14.2 Å². The first kappa shape index (κ1) is 61.1. The molecule has 0 heterocycles. The molecule has 64 heavy (non-hydrogen) atoms. The van der Waals surface area contributed by atoms with Gasteiger partial charge < -0.3 is 14.2 Å². The summed E-state index contributed by atoms with van der Waals surface area (Å²) < 4.78 is 16.6. The molecule has 0 rings (SSSR count). The molecule has 1 unspecified atom stereocenters. The second kappa shape index (κ2) is 52.7. The van der Waals surface area contributed by atoms with Gasteiger partial charge in [0.2, 0.25) is 0 Å². The standard InChI is InChI=1S/C58H102O6/c1-4-7-10-13-16-17-18-19-20-21-22-23-24-25-26-27-28-29-30-31-32-33-34-35-36-37-38-39-40-41-43-45-48-51-57(60)63-54-55(53-62-56(59)50-47-44-15-12-9-6-3)64-58(61)52-49-46-42-14-11-8-5-2/h7,10,16-17,19-20,22-23,25-26,55H,4-6,8-9,11-15,18,21,24,27-54H2,1-3H3/b10-7-,17-16-,20-19-,23-22-,26-25-. The highest BCUT2D eigenvalue weighted by Gasteiger charge is 2.19. The van der Waals surface area contributed by atoms with Gasteiger partial charge in [-0.1, -0.05) is 248 Å². The van der Waals surface area contributed by atoms with Crippen LogP contribution in [0.5, 0.6) is 0 Å². The number of rotatable bonds is 49. The lowest BCUT2D eigenvalue weighted by Gasteiger charge is -2.18. The van der Waals surface area contributed by atoms with E-state index in [0.29, 0.717) is 19.3 Å². The summed E-state index contributed by atoms with van der Waals surface area (Å²) in [5.41, 5.74) is 0. The molecule has 0 amide bonds. The predicted octanol–water partition coefficient (Wildman–Crippen LogP) is 18.0. The fraction of sp³-hybridized carbons (Fsp3) is 0.776. The first-order chi connectivity index (χ1) is 31.5. The zero-order valence-corrected chi connectivity index (χ0v) is 42.3. The molecule has 6 nitrogen and oxygen atoms in total. The molecule has 0 aromatic rings. The molecule has 370 valence electrons. The van der Waals surface area contributed by atoms with Gasteiger partial charge in [0, 0.05) is 19.3 Å². The van der Waals surface area contributed by atoms with Crippen LogP contribution in [0.3, 0.4) is 0 Å². The van der Waals surface area contributed by atoms with Gasteiger partial charge in [-0.05, 0) is 64.2 Å². The molecule has 1 atom stereocenters. The molecule has 0 fully saturated rings. The third kappa shape index (κ3) is 50.1. The number of allylic oxidation sites excluding steroid dienone is 10. The van der Waals surface area contributed by atoms with Gasteiger partial charge in [-0.3, -0.25) is 14.4 Å². The minimum Gasteiger partial charge on any atom is -0.462 e. The zero-order valence-electron chi connectivity index (χ0n) is 42.3. The van der Waals surface area contributed by atoms with Crippen LogP contribution >= 0.6 is 0 Å². The molecule has 0 aliphatic heterocycles. The highest BCUT2D eigenvalue weighted by atomic mass is 16.6. The van der Waals surface area contributed by atoms with Crippen LogP contribution in [0, 0.1) is 0 Å². The number of hydrogen-bond donors (Lipinski definition) is 0. The van der Waals surface area contributed by atoms with Gasteiger partial charge in [-0.15, -0.1) is 0 Å². The number of unbranched alkanes of at least 4 members (excludes halogenated alkanes) is 28. The summed E-state index contributed by atoms with van der Waals surface area (Å²) >= 11 is 0. The van der Waals surface area contributed by atoms with Crippen molar-refractivity contribution in [2.75, 3.05) is 13.2 Å². The van der Waals surface area contributed by atoms with E-state index < -0.39 is 6.10 Å².